The van der Waals surface area contributed by atoms with E-state index in [-0.39, 0.29) is 11.8 Å². The summed E-state index contributed by atoms with van der Waals surface area (Å²) in [7, 11) is 1.79. The summed E-state index contributed by atoms with van der Waals surface area (Å²) in [6, 6.07) is 0. The van der Waals surface area contributed by atoms with Gasteiger partial charge in [-0.15, -0.1) is 0 Å². The number of aliphatic carboxylic acids is 1. The molecule has 0 radical (unpaired) electrons. The van der Waals surface area contributed by atoms with Gasteiger partial charge in [0.25, 0.3) is 0 Å². The Labute approximate surface area is 96.0 Å². The van der Waals surface area contributed by atoms with E-state index in [0.29, 0.717) is 26.1 Å². The standard InChI is InChI=1S/C11H20N2O3/c1-3-5-12(2)10(14)8-13-6-4-9(7-13)11(15)16/h9H,3-8H2,1-2H3,(H,15,16). The number of likely N-dealkylation sites (N-methyl/N-ethyl adjacent to an activating group) is 1. The third-order valence-electron chi connectivity index (χ3n) is 2.97. The Hall–Kier alpha value is -1.10. The van der Waals surface area contributed by atoms with Gasteiger partial charge in [-0.25, -0.2) is 0 Å². The van der Waals surface area contributed by atoms with E-state index in [1.54, 1.807) is 11.9 Å². The Morgan fingerprint density at radius 1 is 1.50 bits per heavy atom. The first-order valence-corrected chi connectivity index (χ1v) is 5.73. The largest absolute Gasteiger partial charge is 0.481 e. The Bertz CT molecular complexity index is 268. The topological polar surface area (TPSA) is 60.9 Å². The minimum absolute atomic E-state index is 0.0767. The molecule has 0 aromatic carbocycles. The maximum atomic E-state index is 11.7. The number of hydrogen-bond acceptors (Lipinski definition) is 3. The summed E-state index contributed by atoms with van der Waals surface area (Å²) in [4.78, 5) is 26.1. The summed E-state index contributed by atoms with van der Waals surface area (Å²) in [6.45, 7) is 4.35. The fourth-order valence-corrected chi connectivity index (χ4v) is 1.95. The number of rotatable bonds is 5. The third-order valence-corrected chi connectivity index (χ3v) is 2.97. The second-order valence-corrected chi connectivity index (χ2v) is 4.37. The van der Waals surface area contributed by atoms with Crippen molar-refractivity contribution in [1.29, 1.82) is 0 Å². The van der Waals surface area contributed by atoms with Crippen LogP contribution >= 0.6 is 0 Å². The number of carbonyl (C=O) groups excluding carboxylic acids is 1. The molecular formula is C11H20N2O3. The molecule has 1 rings (SSSR count). The molecule has 1 unspecified atom stereocenters. The molecule has 5 nitrogen and oxygen atoms in total. The molecule has 1 aliphatic rings. The molecule has 0 bridgehead atoms. The van der Waals surface area contributed by atoms with Gasteiger partial charge in [0.1, 0.15) is 0 Å². The summed E-state index contributed by atoms with van der Waals surface area (Å²) >= 11 is 0. The smallest absolute Gasteiger partial charge is 0.307 e. The quantitative estimate of drug-likeness (QED) is 0.733. The Kier molecular flexibility index (Phi) is 4.73. The van der Waals surface area contributed by atoms with E-state index in [1.807, 2.05) is 11.8 Å². The molecule has 92 valence electrons. The van der Waals surface area contributed by atoms with Crippen LogP contribution in [0.1, 0.15) is 19.8 Å². The van der Waals surface area contributed by atoms with Gasteiger partial charge in [-0.05, 0) is 19.4 Å². The SMILES string of the molecule is CCCN(C)C(=O)CN1CCC(C(=O)O)C1. The van der Waals surface area contributed by atoms with Crippen molar-refractivity contribution in [3.8, 4) is 0 Å². The molecule has 0 saturated carbocycles. The molecule has 0 spiro atoms. The maximum Gasteiger partial charge on any atom is 0.307 e. The minimum Gasteiger partial charge on any atom is -0.481 e. The molecule has 0 aromatic rings. The lowest BCUT2D eigenvalue weighted by Crippen LogP contribution is -2.38. The number of nitrogens with zero attached hydrogens (tertiary/aromatic N) is 2. The first-order chi connectivity index (χ1) is 7.54. The summed E-state index contributed by atoms with van der Waals surface area (Å²) < 4.78 is 0. The molecule has 1 saturated heterocycles. The monoisotopic (exact) mass is 228 g/mol. The molecule has 1 amide bonds. The van der Waals surface area contributed by atoms with Crippen LogP contribution in [0.3, 0.4) is 0 Å². The zero-order valence-electron chi connectivity index (χ0n) is 9.98. The number of carbonyl (C=O) groups is 2. The minimum atomic E-state index is -0.753. The van der Waals surface area contributed by atoms with E-state index in [1.165, 1.54) is 0 Å². The average Bonchev–Trinajstić information content (AvgIpc) is 2.66. The molecule has 0 aromatic heterocycles. The van der Waals surface area contributed by atoms with Gasteiger partial charge >= 0.3 is 5.97 Å². The van der Waals surface area contributed by atoms with Gasteiger partial charge < -0.3 is 10.0 Å². The second-order valence-electron chi connectivity index (χ2n) is 4.37. The predicted molar refractivity (Wildman–Crippen MR) is 60.1 cm³/mol. The van der Waals surface area contributed by atoms with Crippen LogP contribution in [-0.4, -0.2) is 60.0 Å². The van der Waals surface area contributed by atoms with Crippen molar-refractivity contribution >= 4 is 11.9 Å². The van der Waals surface area contributed by atoms with E-state index >= 15 is 0 Å². The lowest BCUT2D eigenvalue weighted by atomic mass is 10.1. The average molecular weight is 228 g/mol. The van der Waals surface area contributed by atoms with E-state index in [2.05, 4.69) is 0 Å². The zero-order chi connectivity index (χ0) is 12.1. The number of likely N-dealkylation sites (tertiary alicyclic amines) is 1. The Balaban J connectivity index is 2.33. The fourth-order valence-electron chi connectivity index (χ4n) is 1.95. The number of hydrogen-bond donors (Lipinski definition) is 1. The molecule has 5 heteroatoms. The summed E-state index contributed by atoms with van der Waals surface area (Å²) in [5, 5.41) is 8.84. The van der Waals surface area contributed by atoms with Crippen LogP contribution in [0.5, 0.6) is 0 Å². The third kappa shape index (κ3) is 3.48. The van der Waals surface area contributed by atoms with Crippen LogP contribution in [0.15, 0.2) is 0 Å². The highest BCUT2D eigenvalue weighted by atomic mass is 16.4. The molecule has 1 aliphatic heterocycles. The molecule has 1 heterocycles. The van der Waals surface area contributed by atoms with Crippen LogP contribution < -0.4 is 0 Å². The van der Waals surface area contributed by atoms with Gasteiger partial charge in [0, 0.05) is 20.1 Å². The Morgan fingerprint density at radius 2 is 2.19 bits per heavy atom. The second kappa shape index (κ2) is 5.84. The normalized spacial score (nSPS) is 21.0. The molecule has 1 atom stereocenters. The lowest BCUT2D eigenvalue weighted by Gasteiger charge is -2.20. The van der Waals surface area contributed by atoms with Gasteiger partial charge in [-0.3, -0.25) is 14.5 Å². The van der Waals surface area contributed by atoms with E-state index < -0.39 is 5.97 Å². The Morgan fingerprint density at radius 3 is 2.69 bits per heavy atom. The van der Waals surface area contributed by atoms with Crippen molar-refractivity contribution in [2.75, 3.05) is 33.2 Å². The van der Waals surface area contributed by atoms with Gasteiger partial charge in [0.15, 0.2) is 0 Å². The van der Waals surface area contributed by atoms with Crippen molar-refractivity contribution in [2.24, 2.45) is 5.92 Å². The predicted octanol–water partition coefficient (Wildman–Crippen LogP) is 0.261. The van der Waals surface area contributed by atoms with E-state index in [0.717, 1.165) is 13.0 Å². The summed E-state index contributed by atoms with van der Waals surface area (Å²) in [6.07, 6.45) is 1.60. The summed E-state index contributed by atoms with van der Waals surface area (Å²) in [5.41, 5.74) is 0. The van der Waals surface area contributed by atoms with Crippen LogP contribution in [0.4, 0.5) is 0 Å². The van der Waals surface area contributed by atoms with Gasteiger partial charge in [0.05, 0.1) is 12.5 Å². The number of carboxylic acid groups (broad SMARTS) is 1. The van der Waals surface area contributed by atoms with Gasteiger partial charge in [0.2, 0.25) is 5.91 Å². The first kappa shape index (κ1) is 13.0. The van der Waals surface area contributed by atoms with Crippen LogP contribution in [0, 0.1) is 5.92 Å². The van der Waals surface area contributed by atoms with Crippen LogP contribution in [0.25, 0.3) is 0 Å². The molecule has 0 aliphatic carbocycles. The first-order valence-electron chi connectivity index (χ1n) is 5.73. The van der Waals surface area contributed by atoms with Crippen molar-refractivity contribution < 1.29 is 14.7 Å². The van der Waals surface area contributed by atoms with Gasteiger partial charge in [-0.2, -0.15) is 0 Å². The maximum absolute atomic E-state index is 11.7. The molecular weight excluding hydrogens is 208 g/mol. The van der Waals surface area contributed by atoms with Crippen LogP contribution in [-0.2, 0) is 9.59 Å². The summed E-state index contributed by atoms with van der Waals surface area (Å²) in [5.74, 6) is -0.978. The van der Waals surface area contributed by atoms with E-state index in [4.69, 9.17) is 5.11 Å². The highest BCUT2D eigenvalue weighted by Crippen LogP contribution is 2.15. The van der Waals surface area contributed by atoms with Crippen molar-refractivity contribution in [2.45, 2.75) is 19.8 Å². The van der Waals surface area contributed by atoms with Crippen molar-refractivity contribution in [3.05, 3.63) is 0 Å². The molecule has 1 N–H and O–H groups in total. The van der Waals surface area contributed by atoms with Crippen molar-refractivity contribution in [1.82, 2.24) is 9.80 Å². The molecule has 1 fully saturated rings. The number of amides is 1. The number of carboxylic acids is 1. The highest BCUT2D eigenvalue weighted by molar-refractivity contribution is 5.78. The lowest BCUT2D eigenvalue weighted by molar-refractivity contribution is -0.141. The van der Waals surface area contributed by atoms with Crippen LogP contribution in [0.2, 0.25) is 0 Å². The highest BCUT2D eigenvalue weighted by Gasteiger charge is 2.29. The fraction of sp³-hybridized carbons (Fsp3) is 0.818. The van der Waals surface area contributed by atoms with Gasteiger partial charge in [-0.1, -0.05) is 6.92 Å². The van der Waals surface area contributed by atoms with Crippen molar-refractivity contribution in [3.63, 3.8) is 0 Å². The zero-order valence-corrected chi connectivity index (χ0v) is 9.98. The van der Waals surface area contributed by atoms with E-state index in [9.17, 15) is 9.59 Å². The molecule has 16 heavy (non-hydrogen) atoms.